The Labute approximate surface area is 115 Å². The molecule has 0 radical (unpaired) electrons. The second kappa shape index (κ2) is 6.85. The number of aliphatic carboxylic acids is 1. The third kappa shape index (κ3) is 3.67. The van der Waals surface area contributed by atoms with Crippen LogP contribution < -0.4 is 10.6 Å². The van der Waals surface area contributed by atoms with Crippen molar-refractivity contribution in [1.82, 2.24) is 15.5 Å². The molecule has 1 saturated heterocycles. The Morgan fingerprint density at radius 3 is 2.70 bits per heavy atom. The average Bonchev–Trinajstić information content (AvgIpc) is 2.37. The van der Waals surface area contributed by atoms with Gasteiger partial charge in [-0.15, -0.1) is 0 Å². The van der Waals surface area contributed by atoms with Gasteiger partial charge in [-0.25, -0.2) is 9.59 Å². The van der Waals surface area contributed by atoms with Crippen molar-refractivity contribution >= 4 is 23.8 Å². The lowest BCUT2D eigenvalue weighted by Gasteiger charge is -2.33. The summed E-state index contributed by atoms with van der Waals surface area (Å²) < 4.78 is 4.67. The van der Waals surface area contributed by atoms with Crippen LogP contribution in [0.25, 0.3) is 0 Å². The summed E-state index contributed by atoms with van der Waals surface area (Å²) in [6.07, 6.45) is -0.840. The van der Waals surface area contributed by atoms with Crippen molar-refractivity contribution in [1.29, 1.82) is 0 Å². The molecule has 0 aromatic rings. The smallest absolute Gasteiger partial charge is 0.334 e. The number of amides is 4. The second-order valence-electron chi connectivity index (χ2n) is 4.21. The molecule has 0 bridgehead atoms. The van der Waals surface area contributed by atoms with Gasteiger partial charge < -0.3 is 20.1 Å². The van der Waals surface area contributed by atoms with Gasteiger partial charge in [-0.2, -0.15) is 0 Å². The highest BCUT2D eigenvalue weighted by atomic mass is 16.5. The van der Waals surface area contributed by atoms with E-state index in [4.69, 9.17) is 5.11 Å². The van der Waals surface area contributed by atoms with Crippen LogP contribution in [-0.4, -0.2) is 66.2 Å². The molecule has 2 unspecified atom stereocenters. The highest BCUT2D eigenvalue weighted by Gasteiger charge is 2.35. The molecule has 1 heterocycles. The van der Waals surface area contributed by atoms with E-state index in [1.54, 1.807) is 6.92 Å². The Hall–Kier alpha value is -2.16. The molecule has 0 aliphatic carbocycles. The largest absolute Gasteiger partial charge is 0.479 e. The maximum absolute atomic E-state index is 11.9. The minimum absolute atomic E-state index is 0.249. The number of hydrogen-bond donors (Lipinski definition) is 3. The van der Waals surface area contributed by atoms with Crippen molar-refractivity contribution in [2.45, 2.75) is 25.5 Å². The van der Waals surface area contributed by atoms with E-state index in [9.17, 15) is 19.2 Å². The number of rotatable bonds is 5. The number of imide groups is 1. The highest BCUT2D eigenvalue weighted by Crippen LogP contribution is 2.09. The van der Waals surface area contributed by atoms with Gasteiger partial charge in [0, 0.05) is 7.11 Å². The number of carboxylic acids is 1. The molecule has 20 heavy (non-hydrogen) atoms. The van der Waals surface area contributed by atoms with E-state index >= 15 is 0 Å². The minimum atomic E-state index is -1.22. The molecular weight excluding hydrogens is 270 g/mol. The molecule has 2 atom stereocenters. The average molecular weight is 287 g/mol. The summed E-state index contributed by atoms with van der Waals surface area (Å²) in [6, 6.07) is -1.43. The minimum Gasteiger partial charge on any atom is -0.479 e. The number of hydrogen-bond acceptors (Lipinski definition) is 5. The number of ether oxygens (including phenoxy) is 1. The zero-order chi connectivity index (χ0) is 15.3. The fourth-order valence-corrected chi connectivity index (χ4v) is 1.84. The van der Waals surface area contributed by atoms with Gasteiger partial charge >= 0.3 is 12.0 Å². The molecule has 0 aromatic heterocycles. The fraction of sp³-hybridized carbons (Fsp3) is 0.636. The van der Waals surface area contributed by atoms with Gasteiger partial charge in [0.1, 0.15) is 12.6 Å². The third-order valence-corrected chi connectivity index (χ3v) is 2.90. The zero-order valence-corrected chi connectivity index (χ0v) is 11.2. The molecule has 1 rings (SSSR count). The molecule has 1 aliphatic rings. The van der Waals surface area contributed by atoms with Crippen LogP contribution in [0.2, 0.25) is 0 Å². The Kier molecular flexibility index (Phi) is 5.44. The molecule has 0 saturated carbocycles. The van der Waals surface area contributed by atoms with E-state index in [0.717, 1.165) is 4.90 Å². The fourth-order valence-electron chi connectivity index (χ4n) is 1.84. The van der Waals surface area contributed by atoms with E-state index < -0.39 is 36.0 Å². The van der Waals surface area contributed by atoms with E-state index in [1.807, 2.05) is 0 Å². The third-order valence-electron chi connectivity index (χ3n) is 2.90. The first-order chi connectivity index (χ1) is 9.40. The zero-order valence-electron chi connectivity index (χ0n) is 11.2. The van der Waals surface area contributed by atoms with Gasteiger partial charge in [0.25, 0.3) is 0 Å². The van der Waals surface area contributed by atoms with E-state index in [-0.39, 0.29) is 13.1 Å². The Morgan fingerprint density at radius 1 is 1.55 bits per heavy atom. The number of carbonyl (C=O) groups is 4. The van der Waals surface area contributed by atoms with Crippen molar-refractivity contribution < 1.29 is 29.0 Å². The van der Waals surface area contributed by atoms with Gasteiger partial charge in [-0.3, -0.25) is 14.9 Å². The van der Waals surface area contributed by atoms with Crippen LogP contribution in [0.5, 0.6) is 0 Å². The standard InChI is InChI=1S/C11H17N3O6/c1-3-6-9(16)13-8(15)5-14(6)11(19)12-4-7(20-2)10(17)18/h6-7H,3-5H2,1-2H3,(H,12,19)(H,17,18)(H,13,15,16). The molecule has 1 aliphatic heterocycles. The molecule has 9 nitrogen and oxygen atoms in total. The monoisotopic (exact) mass is 287 g/mol. The van der Waals surface area contributed by atoms with Crippen molar-refractivity contribution in [2.24, 2.45) is 0 Å². The van der Waals surface area contributed by atoms with Crippen LogP contribution in [0.3, 0.4) is 0 Å². The molecule has 1 fully saturated rings. The quantitative estimate of drug-likeness (QED) is 0.530. The summed E-state index contributed by atoms with van der Waals surface area (Å²) in [4.78, 5) is 46.6. The lowest BCUT2D eigenvalue weighted by Crippen LogP contribution is -2.62. The van der Waals surface area contributed by atoms with Crippen LogP contribution in [0, 0.1) is 0 Å². The SMILES string of the molecule is CCC1C(=O)NC(=O)CN1C(=O)NCC(OC)C(=O)O. The lowest BCUT2D eigenvalue weighted by atomic mass is 10.1. The molecule has 3 N–H and O–H groups in total. The molecule has 9 heteroatoms. The Bertz CT molecular complexity index is 424. The first-order valence-corrected chi connectivity index (χ1v) is 6.04. The summed E-state index contributed by atoms with van der Waals surface area (Å²) in [6.45, 7) is 1.20. The van der Waals surface area contributed by atoms with Crippen molar-refractivity contribution in [3.05, 3.63) is 0 Å². The first-order valence-electron chi connectivity index (χ1n) is 6.04. The van der Waals surface area contributed by atoms with E-state index in [0.29, 0.717) is 6.42 Å². The van der Waals surface area contributed by atoms with Gasteiger partial charge in [-0.05, 0) is 6.42 Å². The number of methoxy groups -OCH3 is 1. The molecule has 0 aromatic carbocycles. The topological polar surface area (TPSA) is 125 Å². The molecule has 0 spiro atoms. The van der Waals surface area contributed by atoms with Crippen molar-refractivity contribution in [2.75, 3.05) is 20.2 Å². The summed E-state index contributed by atoms with van der Waals surface area (Å²) in [5.41, 5.74) is 0. The Morgan fingerprint density at radius 2 is 2.20 bits per heavy atom. The number of nitrogens with zero attached hydrogens (tertiary/aromatic N) is 1. The van der Waals surface area contributed by atoms with Crippen LogP contribution in [0.15, 0.2) is 0 Å². The maximum Gasteiger partial charge on any atom is 0.334 e. The number of carboxylic acid groups (broad SMARTS) is 1. The number of carbonyl (C=O) groups excluding carboxylic acids is 3. The van der Waals surface area contributed by atoms with Crippen LogP contribution in [-0.2, 0) is 19.1 Å². The summed E-state index contributed by atoms with van der Waals surface area (Å²) in [7, 11) is 1.21. The predicted molar refractivity (Wildman–Crippen MR) is 65.8 cm³/mol. The highest BCUT2D eigenvalue weighted by molar-refractivity contribution is 6.04. The predicted octanol–water partition coefficient (Wildman–Crippen LogP) is -1.47. The summed E-state index contributed by atoms with van der Waals surface area (Å²) >= 11 is 0. The molecular formula is C11H17N3O6. The normalized spacial score (nSPS) is 20.3. The van der Waals surface area contributed by atoms with E-state index in [2.05, 4.69) is 15.4 Å². The van der Waals surface area contributed by atoms with Crippen molar-refractivity contribution in [3.63, 3.8) is 0 Å². The number of urea groups is 1. The van der Waals surface area contributed by atoms with Gasteiger partial charge in [0.05, 0.1) is 6.54 Å². The van der Waals surface area contributed by atoms with Gasteiger partial charge in [0.15, 0.2) is 6.10 Å². The molecule has 4 amide bonds. The second-order valence-corrected chi connectivity index (χ2v) is 4.21. The number of nitrogens with one attached hydrogen (secondary N) is 2. The summed E-state index contributed by atoms with van der Waals surface area (Å²) in [5, 5.41) is 13.3. The van der Waals surface area contributed by atoms with Crippen LogP contribution in [0.4, 0.5) is 4.79 Å². The maximum atomic E-state index is 11.9. The lowest BCUT2D eigenvalue weighted by molar-refractivity contribution is -0.148. The van der Waals surface area contributed by atoms with Crippen LogP contribution >= 0.6 is 0 Å². The molecule has 112 valence electrons. The first kappa shape index (κ1) is 15.9. The van der Waals surface area contributed by atoms with E-state index in [1.165, 1.54) is 7.11 Å². The summed E-state index contributed by atoms with van der Waals surface area (Å²) in [5.74, 6) is -2.33. The van der Waals surface area contributed by atoms with Gasteiger partial charge in [-0.1, -0.05) is 6.92 Å². The van der Waals surface area contributed by atoms with Crippen LogP contribution in [0.1, 0.15) is 13.3 Å². The van der Waals surface area contributed by atoms with Crippen molar-refractivity contribution in [3.8, 4) is 0 Å². The Balaban J connectivity index is 2.66. The number of piperazine rings is 1. The van der Waals surface area contributed by atoms with Gasteiger partial charge in [0.2, 0.25) is 11.8 Å².